The van der Waals surface area contributed by atoms with Crippen LogP contribution in [0.3, 0.4) is 0 Å². The summed E-state index contributed by atoms with van der Waals surface area (Å²) in [6, 6.07) is 13.7. The SMILES string of the molecule is COC(=O)C(C#N)=CC1C(C(=O)OCc2coc(Cc3ccccc3)c2)C1(C)C. The number of methoxy groups -OCH3 is 1. The molecule has 2 atom stereocenters. The van der Waals surface area contributed by atoms with E-state index in [2.05, 4.69) is 4.74 Å². The monoisotopic (exact) mass is 393 g/mol. The van der Waals surface area contributed by atoms with Gasteiger partial charge in [0, 0.05) is 12.0 Å². The summed E-state index contributed by atoms with van der Waals surface area (Å²) in [5, 5.41) is 9.11. The molecule has 2 unspecified atom stereocenters. The van der Waals surface area contributed by atoms with Crippen LogP contribution in [0.4, 0.5) is 0 Å². The van der Waals surface area contributed by atoms with Crippen LogP contribution in [-0.4, -0.2) is 19.0 Å². The number of carbonyl (C=O) groups excluding carboxylic acids is 2. The van der Waals surface area contributed by atoms with Crippen LogP contribution in [0.1, 0.15) is 30.7 Å². The van der Waals surface area contributed by atoms with Crippen LogP contribution in [0.2, 0.25) is 0 Å². The Balaban J connectivity index is 1.58. The van der Waals surface area contributed by atoms with Gasteiger partial charge in [0.15, 0.2) is 0 Å². The van der Waals surface area contributed by atoms with Crippen molar-refractivity contribution in [1.82, 2.24) is 0 Å². The minimum Gasteiger partial charge on any atom is -0.469 e. The third-order valence-electron chi connectivity index (χ3n) is 5.35. The van der Waals surface area contributed by atoms with E-state index < -0.39 is 11.9 Å². The van der Waals surface area contributed by atoms with Crippen LogP contribution in [0.25, 0.3) is 0 Å². The molecule has 6 nitrogen and oxygen atoms in total. The van der Waals surface area contributed by atoms with E-state index in [0.29, 0.717) is 6.42 Å². The summed E-state index contributed by atoms with van der Waals surface area (Å²) in [6.45, 7) is 3.92. The normalized spacial score (nSPS) is 19.9. The van der Waals surface area contributed by atoms with Crippen LogP contribution >= 0.6 is 0 Å². The van der Waals surface area contributed by atoms with E-state index in [9.17, 15) is 9.59 Å². The van der Waals surface area contributed by atoms with Crippen molar-refractivity contribution in [1.29, 1.82) is 5.26 Å². The number of hydrogen-bond donors (Lipinski definition) is 0. The highest BCUT2D eigenvalue weighted by molar-refractivity contribution is 5.93. The van der Waals surface area contributed by atoms with Crippen molar-refractivity contribution < 1.29 is 23.5 Å². The largest absolute Gasteiger partial charge is 0.469 e. The average molecular weight is 393 g/mol. The molecule has 1 saturated carbocycles. The second kappa shape index (κ2) is 8.36. The van der Waals surface area contributed by atoms with Crippen LogP contribution in [0.15, 0.2) is 58.7 Å². The molecule has 0 radical (unpaired) electrons. The highest BCUT2D eigenvalue weighted by Gasteiger charge is 2.61. The molecule has 1 heterocycles. The maximum atomic E-state index is 12.5. The Labute approximate surface area is 169 Å². The fraction of sp³-hybridized carbons (Fsp3) is 0.348. The molecule has 0 N–H and O–H groups in total. The summed E-state index contributed by atoms with van der Waals surface area (Å²) >= 11 is 0. The van der Waals surface area contributed by atoms with Gasteiger partial charge in [-0.15, -0.1) is 0 Å². The van der Waals surface area contributed by atoms with Gasteiger partial charge in [-0.05, 0) is 23.0 Å². The van der Waals surface area contributed by atoms with Gasteiger partial charge in [0.1, 0.15) is 24.0 Å². The summed E-state index contributed by atoms with van der Waals surface area (Å²) in [4.78, 5) is 24.1. The van der Waals surface area contributed by atoms with Crippen molar-refractivity contribution in [3.63, 3.8) is 0 Å². The lowest BCUT2D eigenvalue weighted by atomic mass is 10.1. The van der Waals surface area contributed by atoms with Crippen molar-refractivity contribution in [2.24, 2.45) is 17.3 Å². The average Bonchev–Trinajstić information content (AvgIpc) is 3.02. The summed E-state index contributed by atoms with van der Waals surface area (Å²) in [5.41, 5.74) is 1.43. The van der Waals surface area contributed by atoms with Crippen molar-refractivity contribution in [3.8, 4) is 6.07 Å². The number of furan rings is 1. The number of carbonyl (C=O) groups is 2. The zero-order valence-corrected chi connectivity index (χ0v) is 16.7. The number of esters is 2. The Morgan fingerprint density at radius 1 is 1.24 bits per heavy atom. The Morgan fingerprint density at radius 2 is 1.97 bits per heavy atom. The number of nitriles is 1. The molecule has 0 spiro atoms. The number of nitrogens with zero attached hydrogens (tertiary/aromatic N) is 1. The summed E-state index contributed by atoms with van der Waals surface area (Å²) in [7, 11) is 1.22. The molecule has 1 aliphatic carbocycles. The predicted octanol–water partition coefficient (Wildman–Crippen LogP) is 3.81. The van der Waals surface area contributed by atoms with E-state index in [-0.39, 0.29) is 29.5 Å². The number of allylic oxidation sites excluding steroid dienone is 1. The molecule has 0 amide bonds. The highest BCUT2D eigenvalue weighted by atomic mass is 16.5. The Bertz CT molecular complexity index is 965. The standard InChI is InChI=1S/C23H23NO5/c1-23(2)19(11-17(12-24)21(25)27-3)20(23)22(26)29-14-16-10-18(28-13-16)9-15-7-5-4-6-8-15/h4-8,10-11,13,19-20H,9,14H2,1-3H3. The minimum atomic E-state index is -0.702. The van der Waals surface area contributed by atoms with Gasteiger partial charge >= 0.3 is 11.9 Å². The number of hydrogen-bond acceptors (Lipinski definition) is 6. The molecule has 0 saturated heterocycles. The van der Waals surface area contributed by atoms with Crippen LogP contribution < -0.4 is 0 Å². The molecule has 29 heavy (non-hydrogen) atoms. The molecular weight excluding hydrogens is 370 g/mol. The molecule has 1 aliphatic rings. The second-order valence-corrected chi connectivity index (χ2v) is 7.70. The van der Waals surface area contributed by atoms with Crippen molar-refractivity contribution in [2.75, 3.05) is 7.11 Å². The summed E-state index contributed by atoms with van der Waals surface area (Å²) in [6.07, 6.45) is 3.77. The Hall–Kier alpha value is -3.33. The summed E-state index contributed by atoms with van der Waals surface area (Å²) in [5.74, 6) is -0.921. The van der Waals surface area contributed by atoms with Gasteiger partial charge in [0.05, 0.1) is 19.3 Å². The van der Waals surface area contributed by atoms with Crippen LogP contribution in [0, 0.1) is 28.6 Å². The molecule has 3 rings (SSSR count). The lowest BCUT2D eigenvalue weighted by Crippen LogP contribution is -2.10. The molecule has 1 fully saturated rings. The molecule has 0 bridgehead atoms. The molecule has 1 aromatic heterocycles. The minimum absolute atomic E-state index is 0.0961. The maximum absolute atomic E-state index is 12.5. The lowest BCUT2D eigenvalue weighted by Gasteiger charge is -2.03. The van der Waals surface area contributed by atoms with Crippen molar-refractivity contribution in [3.05, 3.63) is 71.2 Å². The zero-order valence-electron chi connectivity index (χ0n) is 16.7. The lowest BCUT2D eigenvalue weighted by molar-refractivity contribution is -0.147. The van der Waals surface area contributed by atoms with E-state index in [4.69, 9.17) is 14.4 Å². The third-order valence-corrected chi connectivity index (χ3v) is 5.35. The van der Waals surface area contributed by atoms with Gasteiger partial charge in [0.2, 0.25) is 0 Å². The maximum Gasteiger partial charge on any atom is 0.348 e. The van der Waals surface area contributed by atoms with Crippen LogP contribution in [-0.2, 0) is 32.1 Å². The first-order chi connectivity index (χ1) is 13.9. The molecule has 0 aliphatic heterocycles. The first-order valence-corrected chi connectivity index (χ1v) is 9.34. The molecule has 1 aromatic carbocycles. The van der Waals surface area contributed by atoms with Gasteiger partial charge < -0.3 is 13.9 Å². The fourth-order valence-corrected chi connectivity index (χ4v) is 3.52. The Kier molecular flexibility index (Phi) is 5.88. The molecule has 6 heteroatoms. The number of rotatable bonds is 7. The number of ether oxygens (including phenoxy) is 2. The van der Waals surface area contributed by atoms with Crippen molar-refractivity contribution in [2.45, 2.75) is 26.9 Å². The quantitative estimate of drug-likeness (QED) is 0.404. The summed E-state index contributed by atoms with van der Waals surface area (Å²) < 4.78 is 15.6. The number of benzene rings is 1. The van der Waals surface area contributed by atoms with E-state index in [1.807, 2.05) is 56.3 Å². The van der Waals surface area contributed by atoms with Crippen LogP contribution in [0.5, 0.6) is 0 Å². The first-order valence-electron chi connectivity index (χ1n) is 9.34. The fourth-order valence-electron chi connectivity index (χ4n) is 3.52. The van der Waals surface area contributed by atoms with Gasteiger partial charge in [-0.25, -0.2) is 4.79 Å². The topological polar surface area (TPSA) is 89.5 Å². The zero-order chi connectivity index (χ0) is 21.0. The van der Waals surface area contributed by atoms with E-state index in [1.54, 1.807) is 6.26 Å². The second-order valence-electron chi connectivity index (χ2n) is 7.70. The van der Waals surface area contributed by atoms with E-state index >= 15 is 0 Å². The predicted molar refractivity (Wildman–Crippen MR) is 104 cm³/mol. The van der Waals surface area contributed by atoms with Gasteiger partial charge in [-0.3, -0.25) is 4.79 Å². The van der Waals surface area contributed by atoms with E-state index in [0.717, 1.165) is 16.9 Å². The van der Waals surface area contributed by atoms with Gasteiger partial charge in [0.25, 0.3) is 0 Å². The van der Waals surface area contributed by atoms with Gasteiger partial charge in [-0.2, -0.15) is 5.26 Å². The first kappa shape index (κ1) is 20.4. The molecular formula is C23H23NO5. The van der Waals surface area contributed by atoms with Crippen molar-refractivity contribution >= 4 is 11.9 Å². The highest BCUT2D eigenvalue weighted by Crippen LogP contribution is 2.59. The Morgan fingerprint density at radius 3 is 2.62 bits per heavy atom. The van der Waals surface area contributed by atoms with Gasteiger partial charge in [-0.1, -0.05) is 50.3 Å². The third kappa shape index (κ3) is 4.57. The molecule has 150 valence electrons. The van der Waals surface area contributed by atoms with E-state index in [1.165, 1.54) is 13.2 Å². The molecule has 2 aromatic rings. The smallest absolute Gasteiger partial charge is 0.348 e.